The standard InChI is InChI=1S/C18H24BrNO2/c19-16-8-6-15(7-9-16)17-13-20(11-12-22-17)18(21)10-5-14-3-1-2-4-14/h6-9,14,17H,1-5,10-13H2. The maximum atomic E-state index is 12.4. The Labute approximate surface area is 141 Å². The minimum Gasteiger partial charge on any atom is -0.370 e. The second kappa shape index (κ2) is 7.60. The highest BCUT2D eigenvalue weighted by Gasteiger charge is 2.26. The van der Waals surface area contributed by atoms with Gasteiger partial charge in [-0.1, -0.05) is 53.7 Å². The average Bonchev–Trinajstić information content (AvgIpc) is 3.07. The monoisotopic (exact) mass is 365 g/mol. The van der Waals surface area contributed by atoms with E-state index >= 15 is 0 Å². The van der Waals surface area contributed by atoms with Crippen LogP contribution in [0.2, 0.25) is 0 Å². The summed E-state index contributed by atoms with van der Waals surface area (Å²) in [4.78, 5) is 14.4. The van der Waals surface area contributed by atoms with Gasteiger partial charge in [-0.25, -0.2) is 0 Å². The number of benzene rings is 1. The van der Waals surface area contributed by atoms with Gasteiger partial charge in [0.25, 0.3) is 0 Å². The smallest absolute Gasteiger partial charge is 0.222 e. The van der Waals surface area contributed by atoms with E-state index in [2.05, 4.69) is 28.1 Å². The van der Waals surface area contributed by atoms with Crippen molar-refractivity contribution < 1.29 is 9.53 Å². The lowest BCUT2D eigenvalue weighted by Gasteiger charge is -2.33. The zero-order valence-corrected chi connectivity index (χ0v) is 14.6. The summed E-state index contributed by atoms with van der Waals surface area (Å²) in [6.07, 6.45) is 7.12. The van der Waals surface area contributed by atoms with Crippen molar-refractivity contribution in [2.45, 2.75) is 44.6 Å². The van der Waals surface area contributed by atoms with E-state index in [4.69, 9.17) is 4.74 Å². The molecule has 120 valence electrons. The number of amides is 1. The van der Waals surface area contributed by atoms with E-state index in [0.717, 1.165) is 28.9 Å². The van der Waals surface area contributed by atoms with E-state index in [0.29, 0.717) is 25.5 Å². The molecule has 1 saturated heterocycles. The summed E-state index contributed by atoms with van der Waals surface area (Å²) in [6.45, 7) is 2.05. The molecule has 1 aliphatic heterocycles. The van der Waals surface area contributed by atoms with Crippen molar-refractivity contribution in [3.05, 3.63) is 34.3 Å². The first-order chi connectivity index (χ1) is 10.7. The molecule has 2 aliphatic rings. The van der Waals surface area contributed by atoms with Crippen LogP contribution in [0, 0.1) is 5.92 Å². The van der Waals surface area contributed by atoms with Gasteiger partial charge in [0.05, 0.1) is 13.2 Å². The van der Waals surface area contributed by atoms with Gasteiger partial charge in [0.15, 0.2) is 0 Å². The number of hydrogen-bond acceptors (Lipinski definition) is 2. The van der Waals surface area contributed by atoms with Gasteiger partial charge in [0.2, 0.25) is 5.91 Å². The number of hydrogen-bond donors (Lipinski definition) is 0. The van der Waals surface area contributed by atoms with Crippen molar-refractivity contribution in [1.82, 2.24) is 4.90 Å². The topological polar surface area (TPSA) is 29.5 Å². The van der Waals surface area contributed by atoms with Crippen LogP contribution in [0.5, 0.6) is 0 Å². The van der Waals surface area contributed by atoms with Gasteiger partial charge in [0, 0.05) is 17.4 Å². The molecule has 1 heterocycles. The van der Waals surface area contributed by atoms with Crippen molar-refractivity contribution in [1.29, 1.82) is 0 Å². The minimum atomic E-state index is 0.0114. The Kier molecular flexibility index (Phi) is 5.53. The van der Waals surface area contributed by atoms with Crippen LogP contribution in [0.15, 0.2) is 28.7 Å². The zero-order valence-electron chi connectivity index (χ0n) is 13.0. The molecule has 3 nitrogen and oxygen atoms in total. The normalized spacial score (nSPS) is 23.0. The highest BCUT2D eigenvalue weighted by Crippen LogP contribution is 2.29. The van der Waals surface area contributed by atoms with E-state index in [9.17, 15) is 4.79 Å². The minimum absolute atomic E-state index is 0.0114. The summed E-state index contributed by atoms with van der Waals surface area (Å²) in [5.74, 6) is 1.09. The first-order valence-electron chi connectivity index (χ1n) is 8.37. The molecule has 0 N–H and O–H groups in total. The molecule has 1 aromatic rings. The van der Waals surface area contributed by atoms with Gasteiger partial charge in [-0.3, -0.25) is 4.79 Å². The molecule has 1 aromatic carbocycles. The molecular formula is C18H24BrNO2. The van der Waals surface area contributed by atoms with E-state index < -0.39 is 0 Å². The van der Waals surface area contributed by atoms with Crippen LogP contribution in [-0.2, 0) is 9.53 Å². The largest absolute Gasteiger partial charge is 0.370 e. The fourth-order valence-electron chi connectivity index (χ4n) is 3.54. The van der Waals surface area contributed by atoms with Crippen molar-refractivity contribution in [3.8, 4) is 0 Å². The van der Waals surface area contributed by atoms with E-state index in [1.807, 2.05) is 17.0 Å². The number of rotatable bonds is 4. The van der Waals surface area contributed by atoms with E-state index in [1.165, 1.54) is 25.7 Å². The quantitative estimate of drug-likeness (QED) is 0.794. The van der Waals surface area contributed by atoms with Crippen LogP contribution in [0.1, 0.15) is 50.2 Å². The van der Waals surface area contributed by atoms with Crippen LogP contribution in [-0.4, -0.2) is 30.5 Å². The number of nitrogens with zero attached hydrogens (tertiary/aromatic N) is 1. The van der Waals surface area contributed by atoms with Gasteiger partial charge in [-0.15, -0.1) is 0 Å². The zero-order chi connectivity index (χ0) is 15.4. The van der Waals surface area contributed by atoms with E-state index in [1.54, 1.807) is 0 Å². The molecule has 2 fully saturated rings. The molecule has 1 atom stereocenters. The lowest BCUT2D eigenvalue weighted by Crippen LogP contribution is -2.42. The van der Waals surface area contributed by atoms with Crippen LogP contribution in [0.25, 0.3) is 0 Å². The van der Waals surface area contributed by atoms with Gasteiger partial charge in [0.1, 0.15) is 6.10 Å². The van der Waals surface area contributed by atoms with Crippen molar-refractivity contribution in [2.75, 3.05) is 19.7 Å². The lowest BCUT2D eigenvalue weighted by atomic mass is 10.0. The molecule has 4 heteroatoms. The van der Waals surface area contributed by atoms with Crippen LogP contribution < -0.4 is 0 Å². The predicted octanol–water partition coefficient (Wildman–Crippen LogP) is 4.32. The molecule has 22 heavy (non-hydrogen) atoms. The Morgan fingerprint density at radius 1 is 1.23 bits per heavy atom. The summed E-state index contributed by atoms with van der Waals surface area (Å²) in [7, 11) is 0. The second-order valence-corrected chi connectivity index (χ2v) is 7.36. The van der Waals surface area contributed by atoms with Crippen molar-refractivity contribution >= 4 is 21.8 Å². The molecule has 1 aliphatic carbocycles. The van der Waals surface area contributed by atoms with Crippen LogP contribution in [0.4, 0.5) is 0 Å². The fraction of sp³-hybridized carbons (Fsp3) is 0.611. The Morgan fingerprint density at radius 2 is 1.95 bits per heavy atom. The van der Waals surface area contributed by atoms with Crippen molar-refractivity contribution in [3.63, 3.8) is 0 Å². The Hall–Kier alpha value is -0.870. The highest BCUT2D eigenvalue weighted by atomic mass is 79.9. The number of carbonyl (C=O) groups is 1. The third-order valence-electron chi connectivity index (χ3n) is 4.90. The maximum Gasteiger partial charge on any atom is 0.222 e. The SMILES string of the molecule is O=C(CCC1CCCC1)N1CCOC(c2ccc(Br)cc2)C1. The van der Waals surface area contributed by atoms with Gasteiger partial charge < -0.3 is 9.64 Å². The number of morpholine rings is 1. The predicted molar refractivity (Wildman–Crippen MR) is 90.6 cm³/mol. The summed E-state index contributed by atoms with van der Waals surface area (Å²) in [5, 5.41) is 0. The first-order valence-corrected chi connectivity index (χ1v) is 9.16. The summed E-state index contributed by atoms with van der Waals surface area (Å²) < 4.78 is 6.92. The van der Waals surface area contributed by atoms with Crippen LogP contribution in [0.3, 0.4) is 0 Å². The van der Waals surface area contributed by atoms with Gasteiger partial charge in [-0.2, -0.15) is 0 Å². The average molecular weight is 366 g/mol. The molecule has 3 rings (SSSR count). The Bertz CT molecular complexity index is 496. The second-order valence-electron chi connectivity index (χ2n) is 6.44. The lowest BCUT2D eigenvalue weighted by molar-refractivity contribution is -0.139. The summed E-state index contributed by atoms with van der Waals surface area (Å²) in [5.41, 5.74) is 1.15. The fourth-order valence-corrected chi connectivity index (χ4v) is 3.80. The van der Waals surface area contributed by atoms with Crippen molar-refractivity contribution in [2.24, 2.45) is 5.92 Å². The molecule has 1 amide bonds. The third kappa shape index (κ3) is 4.11. The molecular weight excluding hydrogens is 342 g/mol. The summed E-state index contributed by atoms with van der Waals surface area (Å²) in [6, 6.07) is 8.20. The van der Waals surface area contributed by atoms with Gasteiger partial charge in [-0.05, 0) is 30.0 Å². The molecule has 0 radical (unpaired) electrons. The Morgan fingerprint density at radius 3 is 2.68 bits per heavy atom. The van der Waals surface area contributed by atoms with Gasteiger partial charge >= 0.3 is 0 Å². The maximum absolute atomic E-state index is 12.4. The molecule has 1 saturated carbocycles. The third-order valence-corrected chi connectivity index (χ3v) is 5.43. The number of halogens is 1. The molecule has 0 bridgehead atoms. The highest BCUT2D eigenvalue weighted by molar-refractivity contribution is 9.10. The van der Waals surface area contributed by atoms with E-state index in [-0.39, 0.29) is 6.10 Å². The van der Waals surface area contributed by atoms with Crippen LogP contribution >= 0.6 is 15.9 Å². The first kappa shape index (κ1) is 16.0. The summed E-state index contributed by atoms with van der Waals surface area (Å²) >= 11 is 3.45. The molecule has 0 aromatic heterocycles. The molecule has 0 spiro atoms. The molecule has 1 unspecified atom stereocenters. The number of ether oxygens (including phenoxy) is 1. The Balaban J connectivity index is 1.53. The number of carbonyl (C=O) groups excluding carboxylic acids is 1.